The average Bonchev–Trinajstić information content (AvgIpc) is 2.15. The maximum absolute atomic E-state index is 10.8. The smallest absolute Gasteiger partial charge is 0.742 e. The van der Waals surface area contributed by atoms with E-state index in [-0.39, 0.29) is 29.6 Å². The van der Waals surface area contributed by atoms with Crippen molar-refractivity contribution < 1.29 is 52.4 Å². The van der Waals surface area contributed by atoms with Crippen molar-refractivity contribution in [3.05, 3.63) is 44.2 Å². The molecule has 0 saturated carbocycles. The van der Waals surface area contributed by atoms with E-state index < -0.39 is 37.0 Å². The van der Waals surface area contributed by atoms with Crippen LogP contribution in [-0.2, 0) is 10.1 Å². The Kier molecular flexibility index (Phi) is 4.98. The Morgan fingerprint density at radius 3 is 2.18 bits per heavy atom. The van der Waals surface area contributed by atoms with E-state index in [1.807, 2.05) is 0 Å². The minimum Gasteiger partial charge on any atom is -0.742 e. The fourth-order valence-corrected chi connectivity index (χ4v) is 1.95. The molecule has 0 aromatic heterocycles. The molecule has 0 aliphatic heterocycles. The summed E-state index contributed by atoms with van der Waals surface area (Å²) < 4.78 is 32.5. The van der Waals surface area contributed by atoms with Crippen LogP contribution >= 0.6 is 0 Å². The van der Waals surface area contributed by atoms with Gasteiger partial charge in [-0.1, -0.05) is 6.08 Å². The zero-order chi connectivity index (χ0) is 12.6. The molecule has 1 aliphatic carbocycles. The molecule has 17 heavy (non-hydrogen) atoms. The molecule has 0 N–H and O–H groups in total. The second-order valence-corrected chi connectivity index (χ2v) is 4.62. The van der Waals surface area contributed by atoms with Crippen LogP contribution in [-0.4, -0.2) is 27.7 Å². The van der Waals surface area contributed by atoms with Crippen molar-refractivity contribution in [3.8, 4) is 0 Å². The first-order valence-corrected chi connectivity index (χ1v) is 5.24. The van der Waals surface area contributed by atoms with Crippen LogP contribution in [0.5, 0.6) is 0 Å². The normalized spacial score (nSPS) is 23.5. The van der Waals surface area contributed by atoms with Crippen molar-refractivity contribution >= 4 is 10.1 Å². The Labute approximate surface area is 118 Å². The largest absolute Gasteiger partial charge is 1.00 e. The van der Waals surface area contributed by atoms with E-state index in [4.69, 9.17) is 0 Å². The fourth-order valence-electron chi connectivity index (χ4n) is 1.20. The zero-order valence-corrected chi connectivity index (χ0v) is 11.4. The van der Waals surface area contributed by atoms with Crippen LogP contribution < -0.4 is 29.6 Å². The van der Waals surface area contributed by atoms with Gasteiger partial charge in [-0.3, -0.25) is 20.2 Å². The molecule has 0 amide bonds. The number of nitro groups is 2. The second kappa shape index (κ2) is 5.23. The van der Waals surface area contributed by atoms with Crippen LogP contribution in [0.3, 0.4) is 0 Å². The van der Waals surface area contributed by atoms with Gasteiger partial charge in [-0.2, -0.15) is 0 Å². The molecule has 11 heteroatoms. The predicted octanol–water partition coefficient (Wildman–Crippen LogP) is -3.37. The molecular formula is C6H5N2NaO7S. The zero-order valence-electron chi connectivity index (χ0n) is 8.60. The summed E-state index contributed by atoms with van der Waals surface area (Å²) in [5.41, 5.74) is -0.696. The van der Waals surface area contributed by atoms with Crippen LogP contribution in [0.1, 0.15) is 6.42 Å². The number of hydrogen-bond acceptors (Lipinski definition) is 7. The van der Waals surface area contributed by atoms with E-state index in [2.05, 4.69) is 0 Å². The summed E-state index contributed by atoms with van der Waals surface area (Å²) in [5, 5.41) is 21.0. The molecule has 0 saturated heterocycles. The van der Waals surface area contributed by atoms with Gasteiger partial charge >= 0.3 is 34.4 Å². The second-order valence-electron chi connectivity index (χ2n) is 3.01. The maximum atomic E-state index is 10.8. The molecule has 88 valence electrons. The summed E-state index contributed by atoms with van der Waals surface area (Å²) in [7, 11) is -5.33. The number of hydrogen-bond donors (Lipinski definition) is 0. The van der Waals surface area contributed by atoms with Gasteiger partial charge in [0.05, 0.1) is 4.92 Å². The van der Waals surface area contributed by atoms with Crippen LogP contribution in [0.15, 0.2) is 23.9 Å². The van der Waals surface area contributed by atoms with Crippen molar-refractivity contribution in [1.82, 2.24) is 0 Å². The van der Waals surface area contributed by atoms with Crippen LogP contribution in [0.25, 0.3) is 0 Å². The summed E-state index contributed by atoms with van der Waals surface area (Å²) in [5.74, 6) is 0. The van der Waals surface area contributed by atoms with Gasteiger partial charge in [0.1, 0.15) is 6.42 Å². The SMILES string of the molecule is O=[N+]([O-])C1=CC=CC([N+](=O)[O-])(S(=O)(=O)[O-])C1.[Na+]. The Balaban J connectivity index is 0.00000256. The van der Waals surface area contributed by atoms with Crippen molar-refractivity contribution in [1.29, 1.82) is 0 Å². The molecule has 0 aromatic carbocycles. The first-order chi connectivity index (χ1) is 7.21. The molecule has 0 bridgehead atoms. The number of rotatable bonds is 3. The van der Waals surface area contributed by atoms with E-state index in [1.54, 1.807) is 0 Å². The quantitative estimate of drug-likeness (QED) is 0.226. The summed E-state index contributed by atoms with van der Waals surface area (Å²) in [4.78, 5) is 15.7. The van der Waals surface area contributed by atoms with Gasteiger partial charge < -0.3 is 4.55 Å². The molecule has 9 nitrogen and oxygen atoms in total. The van der Waals surface area contributed by atoms with Gasteiger partial charge in [0.2, 0.25) is 0 Å². The Hall–Kier alpha value is -0.810. The van der Waals surface area contributed by atoms with Crippen molar-refractivity contribution in [2.45, 2.75) is 11.3 Å². The first kappa shape index (κ1) is 16.2. The third-order valence-electron chi connectivity index (χ3n) is 2.06. The van der Waals surface area contributed by atoms with Crippen molar-refractivity contribution in [2.75, 3.05) is 0 Å². The summed E-state index contributed by atoms with van der Waals surface area (Å²) in [6.07, 6.45) is 1.20. The number of nitrogens with zero attached hydrogens (tertiary/aromatic N) is 2. The molecular weight excluding hydrogens is 267 g/mol. The summed E-state index contributed by atoms with van der Waals surface area (Å²) in [6.45, 7) is 0. The van der Waals surface area contributed by atoms with Gasteiger partial charge in [-0.05, 0) is 0 Å². The van der Waals surface area contributed by atoms with E-state index in [1.165, 1.54) is 0 Å². The third kappa shape index (κ3) is 2.90. The van der Waals surface area contributed by atoms with E-state index >= 15 is 0 Å². The van der Waals surface area contributed by atoms with Crippen molar-refractivity contribution in [2.24, 2.45) is 0 Å². The first-order valence-electron chi connectivity index (χ1n) is 3.83. The van der Waals surface area contributed by atoms with E-state index in [0.29, 0.717) is 6.08 Å². The van der Waals surface area contributed by atoms with Crippen LogP contribution in [0.4, 0.5) is 0 Å². The number of allylic oxidation sites excluding steroid dienone is 2. The Bertz CT molecular complexity index is 510. The van der Waals surface area contributed by atoms with E-state index in [9.17, 15) is 33.2 Å². The Morgan fingerprint density at radius 1 is 1.29 bits per heavy atom. The molecule has 0 radical (unpaired) electrons. The molecule has 0 fully saturated rings. The van der Waals surface area contributed by atoms with E-state index in [0.717, 1.165) is 12.2 Å². The van der Waals surface area contributed by atoms with Crippen LogP contribution in [0.2, 0.25) is 0 Å². The predicted molar refractivity (Wildman–Crippen MR) is 48.3 cm³/mol. The van der Waals surface area contributed by atoms with Gasteiger partial charge in [0.25, 0.3) is 5.70 Å². The Morgan fingerprint density at radius 2 is 1.82 bits per heavy atom. The molecule has 0 heterocycles. The fraction of sp³-hybridized carbons (Fsp3) is 0.333. The van der Waals surface area contributed by atoms with Crippen LogP contribution in [0, 0.1) is 20.2 Å². The minimum atomic E-state index is -5.33. The third-order valence-corrected chi connectivity index (χ3v) is 3.35. The summed E-state index contributed by atoms with van der Waals surface area (Å²) >= 11 is 0. The van der Waals surface area contributed by atoms with Gasteiger partial charge in [0, 0.05) is 17.1 Å². The topological polar surface area (TPSA) is 143 Å². The average molecular weight is 272 g/mol. The van der Waals surface area contributed by atoms with Gasteiger partial charge in [0.15, 0.2) is 10.1 Å². The molecule has 1 rings (SSSR count). The molecule has 0 aromatic rings. The van der Waals surface area contributed by atoms with Crippen molar-refractivity contribution in [3.63, 3.8) is 0 Å². The molecule has 1 atom stereocenters. The molecule has 1 unspecified atom stereocenters. The van der Waals surface area contributed by atoms with Gasteiger partial charge in [-0.15, -0.1) is 0 Å². The standard InChI is InChI=1S/C6H6N2O7S.Na/c9-7(10)5-2-1-3-6(4-5,8(11)12)16(13,14)15;/h1-3H,4H2,(H,13,14,15);/q;+1/p-1. The monoisotopic (exact) mass is 272 g/mol. The maximum Gasteiger partial charge on any atom is 1.00 e. The molecule has 0 spiro atoms. The minimum absolute atomic E-state index is 0. The van der Waals surface area contributed by atoms with Gasteiger partial charge in [-0.25, -0.2) is 8.42 Å². The summed E-state index contributed by atoms with van der Waals surface area (Å²) in [6, 6.07) is 0. The molecule has 1 aliphatic rings.